The Morgan fingerprint density at radius 1 is 1.10 bits per heavy atom. The van der Waals surface area contributed by atoms with Crippen molar-refractivity contribution in [3.8, 4) is 0 Å². The number of carbonyl (C=O) groups is 1. The topological polar surface area (TPSA) is 36.4 Å². The van der Waals surface area contributed by atoms with Gasteiger partial charge in [-0.1, -0.05) is 58.8 Å². The molecule has 1 aromatic heterocycles. The Morgan fingerprint density at radius 2 is 1.80 bits per heavy atom. The molecule has 0 atom stereocenters. The summed E-state index contributed by atoms with van der Waals surface area (Å²) < 4.78 is 2.11. The molecule has 30 heavy (non-hydrogen) atoms. The van der Waals surface area contributed by atoms with Crippen LogP contribution >= 0.6 is 51.4 Å². The van der Waals surface area contributed by atoms with Gasteiger partial charge in [0, 0.05) is 22.5 Å². The molecule has 0 aliphatic carbocycles. The van der Waals surface area contributed by atoms with Gasteiger partial charge in [0.2, 0.25) is 5.91 Å². The number of hydrogen-bond acceptors (Lipinski definition) is 5. The Kier molecular flexibility index (Phi) is 10.1. The molecule has 0 aliphatic heterocycles. The summed E-state index contributed by atoms with van der Waals surface area (Å²) in [4.78, 5) is 23.2. The Bertz CT molecular complexity index is 961. The summed E-state index contributed by atoms with van der Waals surface area (Å²) in [6.45, 7) is 9.81. The zero-order chi connectivity index (χ0) is 20.8. The van der Waals surface area contributed by atoms with Crippen molar-refractivity contribution >= 4 is 72.7 Å². The van der Waals surface area contributed by atoms with Gasteiger partial charge >= 0.3 is 0 Å². The van der Waals surface area contributed by atoms with Crippen molar-refractivity contribution in [2.24, 2.45) is 0 Å². The number of aryl methyl sites for hydroxylation is 1. The highest BCUT2D eigenvalue weighted by Gasteiger charge is 2.20. The summed E-state index contributed by atoms with van der Waals surface area (Å²) in [6, 6.07) is 14.3. The van der Waals surface area contributed by atoms with Gasteiger partial charge in [-0.15, -0.1) is 24.2 Å². The molecule has 2 aromatic carbocycles. The summed E-state index contributed by atoms with van der Waals surface area (Å²) in [6.07, 6.45) is 0. The lowest BCUT2D eigenvalue weighted by molar-refractivity contribution is -0.116. The minimum Gasteiger partial charge on any atom is -0.302 e. The Hall–Kier alpha value is -1.12. The first-order valence-electron chi connectivity index (χ1n) is 9.78. The molecule has 3 rings (SSSR count). The van der Waals surface area contributed by atoms with Crippen molar-refractivity contribution < 1.29 is 4.79 Å². The number of fused-ring (bicyclic) bond motifs is 1. The molecule has 0 fully saturated rings. The lowest BCUT2D eigenvalue weighted by Crippen LogP contribution is -2.39. The standard InChI is InChI=1S/C22H26BrN3OS2.ClH/c1-4-25(5-2)12-13-26(21(27)15-28-18-9-6-16(3)7-10-18)22-24-19-11-8-17(23)14-20(19)29-22;/h6-11,14H,4-5,12-13,15H2,1-3H3;1H. The SMILES string of the molecule is CCN(CC)CCN(C(=O)CSc1ccc(C)cc1)c1nc2ccc(Br)cc2s1.Cl. The highest BCUT2D eigenvalue weighted by atomic mass is 79.9. The van der Waals surface area contributed by atoms with Gasteiger partial charge in [0.1, 0.15) is 0 Å². The zero-order valence-electron chi connectivity index (χ0n) is 17.4. The van der Waals surface area contributed by atoms with Crippen LogP contribution in [-0.2, 0) is 4.79 Å². The lowest BCUT2D eigenvalue weighted by Gasteiger charge is -2.24. The molecule has 0 aliphatic rings. The summed E-state index contributed by atoms with van der Waals surface area (Å²) in [5.41, 5.74) is 2.15. The summed E-state index contributed by atoms with van der Waals surface area (Å²) in [5.74, 6) is 0.502. The molecular weight excluding hydrogens is 502 g/mol. The molecular formula is C22H27BrClN3OS2. The summed E-state index contributed by atoms with van der Waals surface area (Å²) >= 11 is 6.67. The van der Waals surface area contributed by atoms with Gasteiger partial charge in [0.25, 0.3) is 0 Å². The van der Waals surface area contributed by atoms with Crippen molar-refractivity contribution in [1.82, 2.24) is 9.88 Å². The van der Waals surface area contributed by atoms with Gasteiger partial charge in [-0.2, -0.15) is 0 Å². The van der Waals surface area contributed by atoms with E-state index in [4.69, 9.17) is 4.98 Å². The molecule has 0 unspecified atom stereocenters. The molecule has 0 bridgehead atoms. The van der Waals surface area contributed by atoms with E-state index in [2.05, 4.69) is 71.9 Å². The smallest absolute Gasteiger partial charge is 0.239 e. The van der Waals surface area contributed by atoms with Gasteiger partial charge in [0.05, 0.1) is 16.0 Å². The van der Waals surface area contributed by atoms with E-state index in [1.165, 1.54) is 5.56 Å². The summed E-state index contributed by atoms with van der Waals surface area (Å²) in [5, 5.41) is 0.778. The monoisotopic (exact) mass is 527 g/mol. The maximum absolute atomic E-state index is 13.2. The van der Waals surface area contributed by atoms with Crippen LogP contribution in [0, 0.1) is 6.92 Å². The Labute approximate surface area is 201 Å². The van der Waals surface area contributed by atoms with E-state index >= 15 is 0 Å². The van der Waals surface area contributed by atoms with E-state index < -0.39 is 0 Å². The molecule has 0 saturated carbocycles. The van der Waals surface area contributed by atoms with E-state index in [0.29, 0.717) is 12.3 Å². The molecule has 1 amide bonds. The number of thiazole rings is 1. The van der Waals surface area contributed by atoms with Crippen molar-refractivity contribution in [2.45, 2.75) is 25.7 Å². The first-order valence-corrected chi connectivity index (χ1v) is 12.4. The van der Waals surface area contributed by atoms with Crippen LogP contribution in [0.25, 0.3) is 10.2 Å². The first-order chi connectivity index (χ1) is 14.0. The average Bonchev–Trinajstić information content (AvgIpc) is 3.13. The van der Waals surface area contributed by atoms with Gasteiger partial charge in [0.15, 0.2) is 5.13 Å². The number of benzene rings is 2. The molecule has 1 heterocycles. The van der Waals surface area contributed by atoms with Gasteiger partial charge < -0.3 is 4.90 Å². The van der Waals surface area contributed by atoms with Gasteiger partial charge in [-0.05, 0) is 50.3 Å². The van der Waals surface area contributed by atoms with Crippen LogP contribution in [0.5, 0.6) is 0 Å². The highest BCUT2D eigenvalue weighted by Crippen LogP contribution is 2.31. The molecule has 0 N–H and O–H groups in total. The van der Waals surface area contributed by atoms with Crippen molar-refractivity contribution in [2.75, 3.05) is 36.8 Å². The molecule has 162 valence electrons. The molecule has 0 saturated heterocycles. The fraction of sp³-hybridized carbons (Fsp3) is 0.364. The highest BCUT2D eigenvalue weighted by molar-refractivity contribution is 9.10. The van der Waals surface area contributed by atoms with E-state index in [0.717, 1.165) is 44.4 Å². The number of thioether (sulfide) groups is 1. The maximum Gasteiger partial charge on any atom is 0.239 e. The maximum atomic E-state index is 13.2. The lowest BCUT2D eigenvalue weighted by atomic mass is 10.2. The zero-order valence-corrected chi connectivity index (χ0v) is 21.5. The minimum atomic E-state index is 0. The second-order valence-corrected chi connectivity index (χ2v) is 9.76. The number of hydrogen-bond donors (Lipinski definition) is 0. The second kappa shape index (κ2) is 12.1. The van der Waals surface area contributed by atoms with Crippen LogP contribution in [0.15, 0.2) is 51.8 Å². The van der Waals surface area contributed by atoms with Gasteiger partial charge in [-0.3, -0.25) is 9.69 Å². The van der Waals surface area contributed by atoms with E-state index in [-0.39, 0.29) is 18.3 Å². The van der Waals surface area contributed by atoms with E-state index in [1.807, 2.05) is 17.0 Å². The van der Waals surface area contributed by atoms with Crippen LogP contribution < -0.4 is 4.90 Å². The first kappa shape index (κ1) is 25.1. The number of carbonyl (C=O) groups excluding carboxylic acids is 1. The Balaban J connectivity index is 0.00000320. The molecule has 8 heteroatoms. The number of halogens is 2. The third-order valence-electron chi connectivity index (χ3n) is 4.79. The largest absolute Gasteiger partial charge is 0.302 e. The third-order valence-corrected chi connectivity index (χ3v) is 7.32. The van der Waals surface area contributed by atoms with Crippen LogP contribution in [0.1, 0.15) is 19.4 Å². The molecule has 4 nitrogen and oxygen atoms in total. The third kappa shape index (κ3) is 6.69. The number of likely N-dealkylation sites (N-methyl/N-ethyl adjacent to an activating group) is 1. The van der Waals surface area contributed by atoms with Crippen LogP contribution in [-0.4, -0.2) is 47.7 Å². The fourth-order valence-electron chi connectivity index (χ4n) is 2.97. The van der Waals surface area contributed by atoms with Crippen molar-refractivity contribution in [3.63, 3.8) is 0 Å². The predicted octanol–water partition coefficient (Wildman–Crippen LogP) is 6.26. The number of amides is 1. The Morgan fingerprint density at radius 3 is 2.47 bits per heavy atom. The van der Waals surface area contributed by atoms with Crippen LogP contribution in [0.2, 0.25) is 0 Å². The number of rotatable bonds is 9. The molecule has 0 spiro atoms. The molecule has 0 radical (unpaired) electrons. The van der Waals surface area contributed by atoms with Crippen LogP contribution in [0.3, 0.4) is 0 Å². The second-order valence-electron chi connectivity index (χ2n) is 6.78. The van der Waals surface area contributed by atoms with Crippen molar-refractivity contribution in [3.05, 3.63) is 52.5 Å². The van der Waals surface area contributed by atoms with E-state index in [1.54, 1.807) is 23.1 Å². The van der Waals surface area contributed by atoms with Gasteiger partial charge in [-0.25, -0.2) is 4.98 Å². The fourth-order valence-corrected chi connectivity index (χ4v) is 5.30. The number of aromatic nitrogens is 1. The molecule has 3 aromatic rings. The summed E-state index contributed by atoms with van der Waals surface area (Å²) in [7, 11) is 0. The van der Waals surface area contributed by atoms with E-state index in [9.17, 15) is 4.79 Å². The van der Waals surface area contributed by atoms with Crippen molar-refractivity contribution in [1.29, 1.82) is 0 Å². The normalized spacial score (nSPS) is 11.0. The number of anilines is 1. The minimum absolute atomic E-state index is 0. The quantitative estimate of drug-likeness (QED) is 0.307. The van der Waals surface area contributed by atoms with Crippen LogP contribution in [0.4, 0.5) is 5.13 Å². The predicted molar refractivity (Wildman–Crippen MR) is 137 cm³/mol. The average molecular weight is 529 g/mol. The number of nitrogens with zero attached hydrogens (tertiary/aromatic N) is 3.